The van der Waals surface area contributed by atoms with Crippen LogP contribution in [0.5, 0.6) is 0 Å². The molecule has 0 aliphatic rings. The summed E-state index contributed by atoms with van der Waals surface area (Å²) in [5, 5.41) is 3.96. The molecular weight excluding hydrogens is 328 g/mol. The van der Waals surface area contributed by atoms with Crippen molar-refractivity contribution in [1.82, 2.24) is 9.46 Å². The molecular formula is C17H18N2O4S. The summed E-state index contributed by atoms with van der Waals surface area (Å²) in [5.41, 5.74) is 0.523. The molecule has 24 heavy (non-hydrogen) atoms. The van der Waals surface area contributed by atoms with E-state index in [0.29, 0.717) is 17.2 Å². The molecule has 0 radical (unpaired) electrons. The summed E-state index contributed by atoms with van der Waals surface area (Å²) >= 11 is 0. The lowest BCUT2D eigenvalue weighted by Gasteiger charge is -2.24. The van der Waals surface area contributed by atoms with E-state index in [1.165, 1.54) is 10.6 Å². The summed E-state index contributed by atoms with van der Waals surface area (Å²) in [6.07, 6.45) is 1.54. The van der Waals surface area contributed by atoms with Gasteiger partial charge in [-0.3, -0.25) is 0 Å². The molecule has 0 aliphatic carbocycles. The molecule has 6 nitrogen and oxygen atoms in total. The second-order valence-corrected chi connectivity index (χ2v) is 7.51. The van der Waals surface area contributed by atoms with Crippen molar-refractivity contribution in [2.24, 2.45) is 0 Å². The van der Waals surface area contributed by atoms with Crippen molar-refractivity contribution < 1.29 is 17.4 Å². The first kappa shape index (κ1) is 16.5. The summed E-state index contributed by atoms with van der Waals surface area (Å²) in [6.45, 7) is 3.78. The third-order valence-electron chi connectivity index (χ3n) is 3.57. The van der Waals surface area contributed by atoms with Gasteiger partial charge in [0.05, 0.1) is 23.4 Å². The molecule has 3 rings (SSSR count). The van der Waals surface area contributed by atoms with Gasteiger partial charge < -0.3 is 8.94 Å². The summed E-state index contributed by atoms with van der Waals surface area (Å²) in [4.78, 5) is 0.258. The average molecular weight is 346 g/mol. The molecule has 0 N–H and O–H groups in total. The second kappa shape index (κ2) is 6.62. The smallest absolute Gasteiger partial charge is 0.243 e. The lowest BCUT2D eigenvalue weighted by atomic mass is 10.3. The topological polar surface area (TPSA) is 76.6 Å². The Hall–Kier alpha value is -2.38. The number of furan rings is 1. The second-order valence-electron chi connectivity index (χ2n) is 5.62. The minimum Gasteiger partial charge on any atom is -0.461 e. The van der Waals surface area contributed by atoms with Gasteiger partial charge in [-0.05, 0) is 38.1 Å². The van der Waals surface area contributed by atoms with Gasteiger partial charge in [-0.15, -0.1) is 0 Å². The van der Waals surface area contributed by atoms with Crippen molar-refractivity contribution in [3.8, 4) is 11.5 Å². The maximum absolute atomic E-state index is 12.9. The van der Waals surface area contributed by atoms with Gasteiger partial charge in [-0.25, -0.2) is 8.42 Å². The average Bonchev–Trinajstić information content (AvgIpc) is 3.24. The number of nitrogens with zero attached hydrogens (tertiary/aromatic N) is 2. The van der Waals surface area contributed by atoms with Crippen LogP contribution >= 0.6 is 0 Å². The van der Waals surface area contributed by atoms with Crippen LogP contribution in [0.4, 0.5) is 0 Å². The maximum atomic E-state index is 12.9. The molecule has 2 aromatic heterocycles. The Balaban J connectivity index is 1.88. The van der Waals surface area contributed by atoms with Crippen LogP contribution in [-0.2, 0) is 16.6 Å². The van der Waals surface area contributed by atoms with E-state index in [1.807, 2.05) is 13.8 Å². The highest BCUT2D eigenvalue weighted by Gasteiger charge is 2.28. The summed E-state index contributed by atoms with van der Waals surface area (Å²) in [7, 11) is -3.61. The number of hydrogen-bond acceptors (Lipinski definition) is 5. The first-order chi connectivity index (χ1) is 11.5. The number of sulfonamides is 1. The van der Waals surface area contributed by atoms with E-state index in [0.717, 1.165) is 0 Å². The van der Waals surface area contributed by atoms with Crippen LogP contribution in [-0.4, -0.2) is 23.9 Å². The molecule has 126 valence electrons. The van der Waals surface area contributed by atoms with Gasteiger partial charge in [0.25, 0.3) is 0 Å². The van der Waals surface area contributed by atoms with Gasteiger partial charge in [0.2, 0.25) is 15.8 Å². The van der Waals surface area contributed by atoms with E-state index in [2.05, 4.69) is 5.16 Å². The first-order valence-corrected chi connectivity index (χ1v) is 8.99. The minimum atomic E-state index is -3.61. The van der Waals surface area contributed by atoms with Gasteiger partial charge in [-0.1, -0.05) is 23.4 Å². The van der Waals surface area contributed by atoms with E-state index in [-0.39, 0.29) is 17.5 Å². The third kappa shape index (κ3) is 3.27. The molecule has 0 saturated carbocycles. The van der Waals surface area contributed by atoms with Gasteiger partial charge in [0, 0.05) is 12.1 Å². The van der Waals surface area contributed by atoms with Crippen molar-refractivity contribution in [2.75, 3.05) is 0 Å². The predicted molar refractivity (Wildman–Crippen MR) is 88.5 cm³/mol. The highest BCUT2D eigenvalue weighted by atomic mass is 32.2. The monoisotopic (exact) mass is 346 g/mol. The Morgan fingerprint density at radius 2 is 1.83 bits per heavy atom. The standard InChI is InChI=1S/C17H18N2O4S/c1-13(2)19(24(20,21)15-7-4-3-5-8-15)12-14-11-17(23-18-14)16-9-6-10-22-16/h3-11,13H,12H2,1-2H3. The molecule has 1 aromatic carbocycles. The van der Waals surface area contributed by atoms with Crippen molar-refractivity contribution in [3.63, 3.8) is 0 Å². The Bertz CT molecular complexity index is 884. The van der Waals surface area contributed by atoms with Crippen LogP contribution in [0.1, 0.15) is 19.5 Å². The number of aromatic nitrogens is 1. The summed E-state index contributed by atoms with van der Waals surface area (Å²) < 4.78 is 37.6. The highest BCUT2D eigenvalue weighted by molar-refractivity contribution is 7.89. The zero-order valence-electron chi connectivity index (χ0n) is 13.4. The van der Waals surface area contributed by atoms with E-state index >= 15 is 0 Å². The maximum Gasteiger partial charge on any atom is 0.243 e. The Kier molecular flexibility index (Phi) is 4.55. The molecule has 0 saturated heterocycles. The van der Waals surface area contributed by atoms with Crippen molar-refractivity contribution >= 4 is 10.0 Å². The molecule has 0 unspecified atom stereocenters. The quantitative estimate of drug-likeness (QED) is 0.682. The highest BCUT2D eigenvalue weighted by Crippen LogP contribution is 2.24. The van der Waals surface area contributed by atoms with Gasteiger partial charge >= 0.3 is 0 Å². The fourth-order valence-electron chi connectivity index (χ4n) is 2.35. The van der Waals surface area contributed by atoms with Gasteiger partial charge in [0.1, 0.15) is 0 Å². The molecule has 2 heterocycles. The van der Waals surface area contributed by atoms with Crippen molar-refractivity contribution in [1.29, 1.82) is 0 Å². The van der Waals surface area contributed by atoms with Crippen molar-refractivity contribution in [2.45, 2.75) is 31.3 Å². The first-order valence-electron chi connectivity index (χ1n) is 7.55. The van der Waals surface area contributed by atoms with Crippen LogP contribution in [0.2, 0.25) is 0 Å². The molecule has 3 aromatic rings. The van der Waals surface area contributed by atoms with E-state index in [4.69, 9.17) is 8.94 Å². The number of rotatable bonds is 6. The molecule has 0 aliphatic heterocycles. The van der Waals surface area contributed by atoms with Crippen LogP contribution in [0.3, 0.4) is 0 Å². The molecule has 0 atom stereocenters. The fourth-order valence-corrected chi connectivity index (χ4v) is 3.98. The van der Waals surface area contributed by atoms with E-state index in [1.54, 1.807) is 48.5 Å². The van der Waals surface area contributed by atoms with Gasteiger partial charge in [0.15, 0.2) is 5.76 Å². The zero-order chi connectivity index (χ0) is 17.2. The Morgan fingerprint density at radius 1 is 1.08 bits per heavy atom. The lowest BCUT2D eigenvalue weighted by molar-refractivity contribution is 0.332. The minimum absolute atomic E-state index is 0.124. The summed E-state index contributed by atoms with van der Waals surface area (Å²) in [6, 6.07) is 13.3. The number of benzene rings is 1. The van der Waals surface area contributed by atoms with E-state index < -0.39 is 10.0 Å². The fraction of sp³-hybridized carbons (Fsp3) is 0.235. The molecule has 0 spiro atoms. The SMILES string of the molecule is CC(C)N(Cc1cc(-c2ccco2)on1)S(=O)(=O)c1ccccc1. The third-order valence-corrected chi connectivity index (χ3v) is 5.60. The normalized spacial score (nSPS) is 12.2. The summed E-state index contributed by atoms with van der Waals surface area (Å²) in [5.74, 6) is 1.02. The largest absolute Gasteiger partial charge is 0.461 e. The van der Waals surface area contributed by atoms with Crippen LogP contribution in [0.25, 0.3) is 11.5 Å². The Labute approximate surface area is 140 Å². The Morgan fingerprint density at radius 3 is 2.46 bits per heavy atom. The number of hydrogen-bond donors (Lipinski definition) is 0. The van der Waals surface area contributed by atoms with Crippen molar-refractivity contribution in [3.05, 3.63) is 60.5 Å². The van der Waals surface area contributed by atoms with Crippen LogP contribution < -0.4 is 0 Å². The van der Waals surface area contributed by atoms with Crippen LogP contribution in [0, 0.1) is 0 Å². The lowest BCUT2D eigenvalue weighted by Crippen LogP contribution is -2.36. The molecule has 0 amide bonds. The van der Waals surface area contributed by atoms with E-state index in [9.17, 15) is 8.42 Å². The molecule has 0 bridgehead atoms. The van der Waals surface area contributed by atoms with Crippen LogP contribution in [0.15, 0.2) is 68.6 Å². The zero-order valence-corrected chi connectivity index (χ0v) is 14.2. The predicted octanol–water partition coefficient (Wildman–Crippen LogP) is 3.53. The van der Waals surface area contributed by atoms with Gasteiger partial charge in [-0.2, -0.15) is 4.31 Å². The molecule has 7 heteroatoms. The molecule has 0 fully saturated rings.